The van der Waals surface area contributed by atoms with Gasteiger partial charge in [-0.25, -0.2) is 9.48 Å². The molecule has 3 rings (SSSR count). The number of carbonyl (C=O) groups is 1. The number of hydrogen-bond donors (Lipinski definition) is 2. The molecule has 25 heavy (non-hydrogen) atoms. The van der Waals surface area contributed by atoms with Crippen molar-refractivity contribution in [3.8, 4) is 11.3 Å². The number of carboxylic acids is 1. The Bertz CT molecular complexity index is 980. The Morgan fingerprint density at radius 1 is 1.40 bits per heavy atom. The number of aryl methyl sites for hydroxylation is 2. The number of thiophene rings is 1. The lowest BCUT2D eigenvalue weighted by molar-refractivity contribution is 0.0698. The summed E-state index contributed by atoms with van der Waals surface area (Å²) >= 11 is 1.43. The molecule has 0 unspecified atom stereocenters. The van der Waals surface area contributed by atoms with Gasteiger partial charge in [-0.05, 0) is 36.9 Å². The van der Waals surface area contributed by atoms with Crippen LogP contribution in [0.15, 0.2) is 40.1 Å². The van der Waals surface area contributed by atoms with E-state index >= 15 is 0 Å². The van der Waals surface area contributed by atoms with Crippen molar-refractivity contribution >= 4 is 28.7 Å². The second-order valence-corrected chi connectivity index (χ2v) is 6.13. The van der Waals surface area contributed by atoms with Crippen molar-refractivity contribution in [1.29, 1.82) is 0 Å². The third-order valence-electron chi connectivity index (χ3n) is 3.76. The summed E-state index contributed by atoms with van der Waals surface area (Å²) in [7, 11) is 0. The summed E-state index contributed by atoms with van der Waals surface area (Å²) in [6.07, 6.45) is 3.19. The lowest BCUT2D eigenvalue weighted by Crippen LogP contribution is -2.28. The number of nitrogens with zero attached hydrogens (tertiary/aromatic N) is 3. The molecule has 2 N–H and O–H groups in total. The SMILES string of the molecule is CCn1nc(-c2ccsc2)c(C(=O)O)c(Nc2cnccc2C)c1=O. The summed E-state index contributed by atoms with van der Waals surface area (Å²) < 4.78 is 1.26. The number of anilines is 2. The molecule has 0 aliphatic rings. The van der Waals surface area contributed by atoms with Crippen molar-refractivity contribution in [3.63, 3.8) is 0 Å². The fourth-order valence-electron chi connectivity index (χ4n) is 2.44. The summed E-state index contributed by atoms with van der Waals surface area (Å²) in [6, 6.07) is 3.56. The molecule has 8 heteroatoms. The number of pyridine rings is 1. The smallest absolute Gasteiger partial charge is 0.340 e. The molecule has 3 heterocycles. The first-order valence-electron chi connectivity index (χ1n) is 7.61. The fraction of sp³-hybridized carbons (Fsp3) is 0.176. The third-order valence-corrected chi connectivity index (χ3v) is 4.45. The molecule has 0 atom stereocenters. The quantitative estimate of drug-likeness (QED) is 0.729. The van der Waals surface area contributed by atoms with Crippen molar-refractivity contribution in [2.75, 3.05) is 5.32 Å². The molecule has 0 radical (unpaired) electrons. The molecule has 0 fully saturated rings. The summed E-state index contributed by atoms with van der Waals surface area (Å²) in [4.78, 5) is 28.7. The average molecular weight is 356 g/mol. The maximum atomic E-state index is 12.7. The minimum absolute atomic E-state index is 0.0124. The van der Waals surface area contributed by atoms with Gasteiger partial charge >= 0.3 is 5.97 Å². The highest BCUT2D eigenvalue weighted by molar-refractivity contribution is 7.08. The Morgan fingerprint density at radius 2 is 2.20 bits per heavy atom. The molecule has 0 aliphatic heterocycles. The Labute approximate surface area is 147 Å². The second kappa shape index (κ2) is 6.86. The van der Waals surface area contributed by atoms with E-state index in [4.69, 9.17) is 0 Å². The summed E-state index contributed by atoms with van der Waals surface area (Å²) in [5.74, 6) is -1.21. The van der Waals surface area contributed by atoms with Crippen LogP contribution >= 0.6 is 11.3 Å². The predicted octanol–water partition coefficient (Wildman–Crippen LogP) is 3.14. The van der Waals surface area contributed by atoms with Crippen molar-refractivity contribution in [3.05, 3.63) is 56.8 Å². The van der Waals surface area contributed by atoms with Gasteiger partial charge in [0, 0.05) is 23.7 Å². The molecule has 128 valence electrons. The van der Waals surface area contributed by atoms with E-state index in [1.807, 2.05) is 12.3 Å². The summed E-state index contributed by atoms with van der Waals surface area (Å²) in [5.41, 5.74) is 1.71. The predicted molar refractivity (Wildman–Crippen MR) is 96.7 cm³/mol. The van der Waals surface area contributed by atoms with E-state index in [2.05, 4.69) is 15.4 Å². The standard InChI is InChI=1S/C17H16N4O3S/c1-3-21-16(22)15(19-12-8-18-6-4-10(12)2)13(17(23)24)14(20-21)11-5-7-25-9-11/h4-9,19H,3H2,1-2H3,(H,23,24). The van der Waals surface area contributed by atoms with Crippen LogP contribution in [0.25, 0.3) is 11.3 Å². The summed E-state index contributed by atoms with van der Waals surface area (Å²) in [5, 5.41) is 20.6. The zero-order valence-electron chi connectivity index (χ0n) is 13.7. The Kier molecular flexibility index (Phi) is 4.62. The maximum absolute atomic E-state index is 12.7. The molecule has 0 saturated heterocycles. The molecule has 0 amide bonds. The highest BCUT2D eigenvalue weighted by Gasteiger charge is 2.24. The van der Waals surface area contributed by atoms with E-state index in [1.54, 1.807) is 36.8 Å². The largest absolute Gasteiger partial charge is 0.478 e. The minimum Gasteiger partial charge on any atom is -0.478 e. The van der Waals surface area contributed by atoms with Crippen molar-refractivity contribution < 1.29 is 9.90 Å². The highest BCUT2D eigenvalue weighted by atomic mass is 32.1. The molecule has 3 aromatic heterocycles. The highest BCUT2D eigenvalue weighted by Crippen LogP contribution is 2.29. The van der Waals surface area contributed by atoms with Crippen molar-refractivity contribution in [2.24, 2.45) is 0 Å². The molecule has 0 aromatic carbocycles. The van der Waals surface area contributed by atoms with Crippen LogP contribution in [0.5, 0.6) is 0 Å². The van der Waals surface area contributed by atoms with Crippen molar-refractivity contribution in [2.45, 2.75) is 20.4 Å². The van der Waals surface area contributed by atoms with Gasteiger partial charge in [0.2, 0.25) is 0 Å². The molecule has 3 aromatic rings. The topological polar surface area (TPSA) is 97.1 Å². The number of rotatable bonds is 5. The zero-order chi connectivity index (χ0) is 18.0. The molecule has 0 aliphatic carbocycles. The molecule has 0 spiro atoms. The first kappa shape index (κ1) is 16.8. The van der Waals surface area contributed by atoms with E-state index in [9.17, 15) is 14.7 Å². The second-order valence-electron chi connectivity index (χ2n) is 5.35. The fourth-order valence-corrected chi connectivity index (χ4v) is 3.08. The van der Waals surface area contributed by atoms with Gasteiger partial charge in [0.25, 0.3) is 5.56 Å². The van der Waals surface area contributed by atoms with Gasteiger partial charge in [0.05, 0.1) is 11.9 Å². The van der Waals surface area contributed by atoms with E-state index in [0.717, 1.165) is 5.56 Å². The molecule has 7 nitrogen and oxygen atoms in total. The molecular formula is C17H16N4O3S. The minimum atomic E-state index is -1.21. The van der Waals surface area contributed by atoms with E-state index in [1.165, 1.54) is 16.0 Å². The number of hydrogen-bond acceptors (Lipinski definition) is 6. The number of carboxylic acid groups (broad SMARTS) is 1. The van der Waals surface area contributed by atoms with Crippen LogP contribution in [0.2, 0.25) is 0 Å². The van der Waals surface area contributed by atoms with Gasteiger partial charge in [-0.1, -0.05) is 0 Å². The van der Waals surface area contributed by atoms with Gasteiger partial charge in [0.15, 0.2) is 0 Å². The monoisotopic (exact) mass is 356 g/mol. The normalized spacial score (nSPS) is 10.6. The van der Waals surface area contributed by atoms with Crippen LogP contribution < -0.4 is 10.9 Å². The van der Waals surface area contributed by atoms with Crippen LogP contribution in [-0.4, -0.2) is 25.8 Å². The Balaban J connectivity index is 2.29. The summed E-state index contributed by atoms with van der Waals surface area (Å²) in [6.45, 7) is 3.96. The first-order valence-corrected chi connectivity index (χ1v) is 8.55. The van der Waals surface area contributed by atoms with Crippen LogP contribution in [0, 0.1) is 6.92 Å². The maximum Gasteiger partial charge on any atom is 0.340 e. The number of nitrogens with one attached hydrogen (secondary N) is 1. The van der Waals surface area contributed by atoms with Gasteiger partial charge in [-0.2, -0.15) is 16.4 Å². The zero-order valence-corrected chi connectivity index (χ0v) is 14.5. The molecular weight excluding hydrogens is 340 g/mol. The van der Waals surface area contributed by atoms with Gasteiger partial charge in [0.1, 0.15) is 16.9 Å². The van der Waals surface area contributed by atoms with Gasteiger partial charge < -0.3 is 10.4 Å². The van der Waals surface area contributed by atoms with Crippen molar-refractivity contribution in [1.82, 2.24) is 14.8 Å². The van der Waals surface area contributed by atoms with E-state index < -0.39 is 11.5 Å². The Hall–Kier alpha value is -3.00. The van der Waals surface area contributed by atoms with E-state index in [-0.39, 0.29) is 16.9 Å². The van der Waals surface area contributed by atoms with Crippen LogP contribution in [-0.2, 0) is 6.54 Å². The lowest BCUT2D eigenvalue weighted by atomic mass is 10.1. The number of aromatic carboxylic acids is 1. The first-order chi connectivity index (χ1) is 12.0. The van der Waals surface area contributed by atoms with Crippen LogP contribution in [0.1, 0.15) is 22.8 Å². The van der Waals surface area contributed by atoms with Gasteiger partial charge in [-0.15, -0.1) is 0 Å². The Morgan fingerprint density at radius 3 is 2.80 bits per heavy atom. The third kappa shape index (κ3) is 3.16. The lowest BCUT2D eigenvalue weighted by Gasteiger charge is -2.15. The average Bonchev–Trinajstić information content (AvgIpc) is 3.12. The number of aromatic nitrogens is 3. The molecule has 0 bridgehead atoms. The van der Waals surface area contributed by atoms with Crippen LogP contribution in [0.4, 0.5) is 11.4 Å². The molecule has 0 saturated carbocycles. The van der Waals surface area contributed by atoms with E-state index in [0.29, 0.717) is 17.8 Å². The van der Waals surface area contributed by atoms with Gasteiger partial charge in [-0.3, -0.25) is 9.78 Å². The van der Waals surface area contributed by atoms with Crippen LogP contribution in [0.3, 0.4) is 0 Å².